The van der Waals surface area contributed by atoms with Crippen LogP contribution < -0.4 is 0 Å². The first-order valence-corrected chi connectivity index (χ1v) is 11.2. The summed E-state index contributed by atoms with van der Waals surface area (Å²) in [5.41, 5.74) is -0.826. The molecule has 0 N–H and O–H groups in total. The molecule has 0 saturated heterocycles. The van der Waals surface area contributed by atoms with Crippen LogP contribution in [0.1, 0.15) is 72.6 Å². The number of rotatable bonds is 6. The van der Waals surface area contributed by atoms with Crippen LogP contribution in [0.15, 0.2) is 0 Å². The number of ketones is 2. The molecule has 4 heteroatoms. The van der Waals surface area contributed by atoms with Crippen molar-refractivity contribution in [3.05, 3.63) is 0 Å². The highest BCUT2D eigenvalue weighted by Gasteiger charge is 2.50. The molecule has 0 spiro atoms. The third kappa shape index (κ3) is 4.25. The Bertz CT molecular complexity index is 387. The Morgan fingerprint density at radius 3 is 2.05 bits per heavy atom. The SMILES string of the molecule is CCCC(=O)C(=O)C1(O[Si](C)(C)C(C)(C)C)CCCCC1. The molecular formula is C17H32O3Si. The maximum atomic E-state index is 12.8. The number of Topliss-reactive ketones (excluding diaryl/α,β-unsaturated/α-hetero) is 2. The molecule has 1 aliphatic rings. The topological polar surface area (TPSA) is 43.4 Å². The van der Waals surface area contributed by atoms with Crippen molar-refractivity contribution < 1.29 is 14.0 Å². The van der Waals surface area contributed by atoms with E-state index in [0.717, 1.165) is 25.7 Å². The van der Waals surface area contributed by atoms with Gasteiger partial charge in [-0.1, -0.05) is 47.0 Å². The van der Waals surface area contributed by atoms with Gasteiger partial charge in [0.05, 0.1) is 0 Å². The fourth-order valence-corrected chi connectivity index (χ4v) is 4.31. The van der Waals surface area contributed by atoms with Gasteiger partial charge in [0.25, 0.3) is 0 Å². The zero-order valence-corrected chi connectivity index (χ0v) is 15.7. The molecule has 0 amide bonds. The smallest absolute Gasteiger partial charge is 0.228 e. The molecule has 0 aromatic carbocycles. The van der Waals surface area contributed by atoms with Gasteiger partial charge in [-0.3, -0.25) is 9.59 Å². The molecule has 0 heterocycles. The fourth-order valence-electron chi connectivity index (χ4n) is 2.73. The molecule has 1 fully saturated rings. The Labute approximate surface area is 131 Å². The first-order valence-electron chi connectivity index (χ1n) is 8.33. The lowest BCUT2D eigenvalue weighted by molar-refractivity contribution is -0.149. The Morgan fingerprint density at radius 1 is 1.10 bits per heavy atom. The lowest BCUT2D eigenvalue weighted by atomic mass is 9.80. The van der Waals surface area contributed by atoms with E-state index in [1.807, 2.05) is 6.92 Å². The largest absolute Gasteiger partial charge is 0.404 e. The summed E-state index contributed by atoms with van der Waals surface area (Å²) in [6, 6.07) is 0. The molecule has 0 aromatic heterocycles. The van der Waals surface area contributed by atoms with Gasteiger partial charge in [0.2, 0.25) is 11.6 Å². The van der Waals surface area contributed by atoms with Gasteiger partial charge in [0.1, 0.15) is 5.60 Å². The summed E-state index contributed by atoms with van der Waals surface area (Å²) in [7, 11) is -2.07. The quantitative estimate of drug-likeness (QED) is 0.529. The monoisotopic (exact) mass is 312 g/mol. The van der Waals surface area contributed by atoms with E-state index in [1.165, 1.54) is 0 Å². The van der Waals surface area contributed by atoms with Crippen molar-refractivity contribution in [2.45, 2.75) is 96.4 Å². The second-order valence-corrected chi connectivity index (χ2v) is 12.6. The summed E-state index contributed by atoms with van der Waals surface area (Å²) >= 11 is 0. The summed E-state index contributed by atoms with van der Waals surface area (Å²) in [6.45, 7) is 12.8. The van der Waals surface area contributed by atoms with Crippen LogP contribution in [0.25, 0.3) is 0 Å². The number of carbonyl (C=O) groups excluding carboxylic acids is 2. The van der Waals surface area contributed by atoms with Crippen molar-refractivity contribution in [3.8, 4) is 0 Å². The molecule has 3 nitrogen and oxygen atoms in total. The average Bonchev–Trinajstić information content (AvgIpc) is 2.37. The van der Waals surface area contributed by atoms with E-state index in [4.69, 9.17) is 4.43 Å². The standard InChI is InChI=1S/C17H32O3Si/c1-7-11-14(18)15(19)17(12-9-8-10-13-17)20-21(5,6)16(2,3)4/h7-13H2,1-6H3. The Morgan fingerprint density at radius 2 is 1.62 bits per heavy atom. The molecule has 0 aromatic rings. The predicted octanol–water partition coefficient (Wildman–Crippen LogP) is 4.65. The first kappa shape index (κ1) is 18.6. The maximum absolute atomic E-state index is 12.8. The van der Waals surface area contributed by atoms with Crippen molar-refractivity contribution in [2.75, 3.05) is 0 Å². The number of hydrogen-bond donors (Lipinski definition) is 0. The molecule has 0 unspecified atom stereocenters. The molecule has 0 atom stereocenters. The van der Waals surface area contributed by atoms with Crippen LogP contribution in [0, 0.1) is 0 Å². The lowest BCUT2D eigenvalue weighted by Gasteiger charge is -2.46. The van der Waals surface area contributed by atoms with Crippen molar-refractivity contribution in [1.29, 1.82) is 0 Å². The minimum absolute atomic E-state index is 0.0472. The van der Waals surface area contributed by atoms with Gasteiger partial charge in [-0.2, -0.15) is 0 Å². The highest BCUT2D eigenvalue weighted by Crippen LogP contribution is 2.43. The normalized spacial score (nSPS) is 19.3. The molecule has 0 aliphatic heterocycles. The second kappa shape index (κ2) is 6.74. The average molecular weight is 313 g/mol. The summed E-state index contributed by atoms with van der Waals surface area (Å²) in [5, 5.41) is 0.0472. The number of hydrogen-bond acceptors (Lipinski definition) is 3. The molecule has 21 heavy (non-hydrogen) atoms. The van der Waals surface area contributed by atoms with E-state index in [9.17, 15) is 9.59 Å². The van der Waals surface area contributed by atoms with Gasteiger partial charge in [-0.25, -0.2) is 0 Å². The molecule has 122 valence electrons. The van der Waals surface area contributed by atoms with Gasteiger partial charge >= 0.3 is 0 Å². The van der Waals surface area contributed by atoms with Crippen LogP contribution in [0.5, 0.6) is 0 Å². The lowest BCUT2D eigenvalue weighted by Crippen LogP contribution is -2.56. The van der Waals surface area contributed by atoms with Crippen LogP contribution in [0.2, 0.25) is 18.1 Å². The van der Waals surface area contributed by atoms with Crippen molar-refractivity contribution >= 4 is 19.9 Å². The number of carbonyl (C=O) groups is 2. The minimum Gasteiger partial charge on any atom is -0.404 e. The molecule has 1 aliphatic carbocycles. The zero-order valence-electron chi connectivity index (χ0n) is 14.7. The van der Waals surface area contributed by atoms with Crippen LogP contribution in [0.3, 0.4) is 0 Å². The van der Waals surface area contributed by atoms with Crippen LogP contribution in [0.4, 0.5) is 0 Å². The van der Waals surface area contributed by atoms with Crippen LogP contribution >= 0.6 is 0 Å². The summed E-state index contributed by atoms with van der Waals surface area (Å²) in [4.78, 5) is 24.9. The summed E-state index contributed by atoms with van der Waals surface area (Å²) in [6.07, 6.45) is 5.61. The Balaban J connectivity index is 3.05. The van der Waals surface area contributed by atoms with E-state index in [1.54, 1.807) is 0 Å². The highest BCUT2D eigenvalue weighted by atomic mass is 28.4. The van der Waals surface area contributed by atoms with Crippen LogP contribution in [-0.2, 0) is 14.0 Å². The third-order valence-corrected chi connectivity index (χ3v) is 9.58. The maximum Gasteiger partial charge on any atom is 0.228 e. The Hall–Kier alpha value is -0.483. The van der Waals surface area contributed by atoms with Crippen molar-refractivity contribution in [2.24, 2.45) is 0 Å². The Kier molecular flexibility index (Phi) is 5.96. The van der Waals surface area contributed by atoms with Gasteiger partial charge < -0.3 is 4.43 Å². The summed E-state index contributed by atoms with van der Waals surface area (Å²) < 4.78 is 6.53. The second-order valence-electron chi connectivity index (χ2n) is 7.92. The first-order chi connectivity index (χ1) is 9.56. The highest BCUT2D eigenvalue weighted by molar-refractivity contribution is 6.74. The fraction of sp³-hybridized carbons (Fsp3) is 0.882. The molecule has 1 saturated carbocycles. The van der Waals surface area contributed by atoms with Crippen LogP contribution in [-0.4, -0.2) is 25.5 Å². The predicted molar refractivity (Wildman–Crippen MR) is 89.0 cm³/mol. The van der Waals surface area contributed by atoms with E-state index < -0.39 is 13.9 Å². The van der Waals surface area contributed by atoms with E-state index in [2.05, 4.69) is 33.9 Å². The van der Waals surface area contributed by atoms with Gasteiger partial charge in [0, 0.05) is 6.42 Å². The molecule has 0 radical (unpaired) electrons. The van der Waals surface area contributed by atoms with Gasteiger partial charge in [-0.15, -0.1) is 0 Å². The zero-order chi connectivity index (χ0) is 16.3. The van der Waals surface area contributed by atoms with E-state index >= 15 is 0 Å². The molecule has 0 bridgehead atoms. The van der Waals surface area contributed by atoms with Gasteiger partial charge in [-0.05, 0) is 37.4 Å². The van der Waals surface area contributed by atoms with Crippen molar-refractivity contribution in [3.63, 3.8) is 0 Å². The van der Waals surface area contributed by atoms with E-state index in [0.29, 0.717) is 19.3 Å². The summed E-state index contributed by atoms with van der Waals surface area (Å²) in [5.74, 6) is -0.494. The third-order valence-electron chi connectivity index (χ3n) is 5.06. The van der Waals surface area contributed by atoms with Gasteiger partial charge in [0.15, 0.2) is 8.32 Å². The van der Waals surface area contributed by atoms with Crippen molar-refractivity contribution in [1.82, 2.24) is 0 Å². The molecular weight excluding hydrogens is 280 g/mol. The molecule has 1 rings (SSSR count). The van der Waals surface area contributed by atoms with E-state index in [-0.39, 0.29) is 16.6 Å². The minimum atomic E-state index is -2.07.